The van der Waals surface area contributed by atoms with Crippen molar-refractivity contribution in [2.45, 2.75) is 54.4 Å². The van der Waals surface area contributed by atoms with Crippen LogP contribution in [0.4, 0.5) is 8.78 Å². The molecule has 1 unspecified atom stereocenters. The highest BCUT2D eigenvalue weighted by molar-refractivity contribution is 4.80. The zero-order valence-corrected chi connectivity index (χ0v) is 9.62. The first-order valence-corrected chi connectivity index (χ1v) is 4.82. The van der Waals surface area contributed by atoms with Gasteiger partial charge in [0.05, 0.1) is 0 Å². The number of hydrogen-bond donors (Lipinski definition) is 0. The summed E-state index contributed by atoms with van der Waals surface area (Å²) in [5.74, 6) is -0.507. The van der Waals surface area contributed by atoms with Crippen molar-refractivity contribution in [1.29, 1.82) is 0 Å². The number of alkyl halides is 2. The maximum atomic E-state index is 12.7. The van der Waals surface area contributed by atoms with E-state index in [4.69, 9.17) is 0 Å². The lowest BCUT2D eigenvalue weighted by Crippen LogP contribution is -2.31. The Labute approximate surface area is 80.7 Å². The van der Waals surface area contributed by atoms with Crippen LogP contribution in [0.3, 0.4) is 0 Å². The molecule has 0 saturated heterocycles. The number of halogens is 2. The van der Waals surface area contributed by atoms with Crippen LogP contribution in [-0.2, 0) is 0 Å². The second kappa shape index (κ2) is 3.93. The molecule has 0 aliphatic rings. The Morgan fingerprint density at radius 2 is 1.31 bits per heavy atom. The highest BCUT2D eigenvalue weighted by Gasteiger charge is 2.35. The Hall–Kier alpha value is -0.140. The Morgan fingerprint density at radius 1 is 0.923 bits per heavy atom. The lowest BCUT2D eigenvalue weighted by Gasteiger charge is -2.34. The van der Waals surface area contributed by atoms with E-state index < -0.39 is 12.3 Å². The summed E-state index contributed by atoms with van der Waals surface area (Å²) in [4.78, 5) is 0. The molecule has 0 aliphatic carbocycles. The highest BCUT2D eigenvalue weighted by Crippen LogP contribution is 2.39. The summed E-state index contributed by atoms with van der Waals surface area (Å²) in [7, 11) is 0. The highest BCUT2D eigenvalue weighted by atomic mass is 19.3. The maximum Gasteiger partial charge on any atom is 0.241 e. The molecule has 0 nitrogen and oxygen atoms in total. The van der Waals surface area contributed by atoms with E-state index in [1.807, 2.05) is 41.5 Å². The van der Waals surface area contributed by atoms with Crippen LogP contribution in [0.2, 0.25) is 0 Å². The van der Waals surface area contributed by atoms with E-state index >= 15 is 0 Å². The summed E-state index contributed by atoms with van der Waals surface area (Å²) in [6.07, 6.45) is -1.63. The minimum Gasteiger partial charge on any atom is -0.210 e. The second-order valence-corrected chi connectivity index (χ2v) is 6.07. The van der Waals surface area contributed by atoms with Gasteiger partial charge in [0.2, 0.25) is 6.43 Å². The van der Waals surface area contributed by atoms with Crippen molar-refractivity contribution in [3.05, 3.63) is 0 Å². The molecule has 80 valence electrons. The minimum absolute atomic E-state index is 0.0195. The summed E-state index contributed by atoms with van der Waals surface area (Å²) in [5.41, 5.74) is -0.324. The first-order valence-electron chi connectivity index (χ1n) is 4.82. The van der Waals surface area contributed by atoms with Crippen molar-refractivity contribution in [2.75, 3.05) is 0 Å². The second-order valence-electron chi connectivity index (χ2n) is 6.07. The summed E-state index contributed by atoms with van der Waals surface area (Å²) in [6, 6.07) is 0. The van der Waals surface area contributed by atoms with Crippen LogP contribution in [0, 0.1) is 16.7 Å². The number of rotatable bonds is 2. The summed E-state index contributed by atoms with van der Waals surface area (Å²) >= 11 is 0. The van der Waals surface area contributed by atoms with Crippen LogP contribution in [0.5, 0.6) is 0 Å². The fraction of sp³-hybridized carbons (Fsp3) is 1.00. The molecule has 0 amide bonds. The quantitative estimate of drug-likeness (QED) is 0.610. The first-order chi connectivity index (χ1) is 5.54. The van der Waals surface area contributed by atoms with E-state index in [0.717, 1.165) is 0 Å². The molecule has 0 aliphatic heterocycles. The van der Waals surface area contributed by atoms with E-state index in [1.54, 1.807) is 0 Å². The van der Waals surface area contributed by atoms with Crippen molar-refractivity contribution in [2.24, 2.45) is 16.7 Å². The molecule has 0 aromatic heterocycles. The molecular formula is C11H22F2. The zero-order valence-electron chi connectivity index (χ0n) is 9.62. The smallest absolute Gasteiger partial charge is 0.210 e. The average molecular weight is 192 g/mol. The molecule has 0 aromatic carbocycles. The standard InChI is InChI=1S/C11H22F2/c1-10(2,3)7-8(9(12)13)11(4,5)6/h8-9H,7H2,1-6H3. The van der Waals surface area contributed by atoms with Crippen molar-refractivity contribution < 1.29 is 8.78 Å². The Bertz CT molecular complexity index is 148. The molecule has 1 atom stereocenters. The van der Waals surface area contributed by atoms with E-state index in [2.05, 4.69) is 0 Å². The molecule has 0 heterocycles. The lowest BCUT2D eigenvalue weighted by molar-refractivity contribution is -0.00711. The molecular weight excluding hydrogens is 170 g/mol. The van der Waals surface area contributed by atoms with Crippen LogP contribution in [0.1, 0.15) is 48.0 Å². The van der Waals surface area contributed by atoms with Crippen molar-refractivity contribution >= 4 is 0 Å². The molecule has 0 spiro atoms. The Balaban J connectivity index is 4.47. The van der Waals surface area contributed by atoms with Crippen molar-refractivity contribution in [3.63, 3.8) is 0 Å². The SMILES string of the molecule is CC(C)(C)CC(C(F)F)C(C)(C)C. The average Bonchev–Trinajstić information content (AvgIpc) is 1.77. The number of hydrogen-bond acceptors (Lipinski definition) is 0. The Morgan fingerprint density at radius 3 is 1.38 bits per heavy atom. The van der Waals surface area contributed by atoms with Gasteiger partial charge in [-0.15, -0.1) is 0 Å². The summed E-state index contributed by atoms with van der Waals surface area (Å²) in [6.45, 7) is 11.7. The maximum absolute atomic E-state index is 12.7. The minimum atomic E-state index is -2.21. The van der Waals surface area contributed by atoms with Crippen LogP contribution in [0.25, 0.3) is 0 Å². The van der Waals surface area contributed by atoms with Gasteiger partial charge >= 0.3 is 0 Å². The topological polar surface area (TPSA) is 0 Å². The normalized spacial score (nSPS) is 16.4. The van der Waals surface area contributed by atoms with E-state index in [-0.39, 0.29) is 10.8 Å². The molecule has 13 heavy (non-hydrogen) atoms. The van der Waals surface area contributed by atoms with Gasteiger partial charge in [0, 0.05) is 5.92 Å². The van der Waals surface area contributed by atoms with E-state index in [9.17, 15) is 8.78 Å². The first kappa shape index (κ1) is 12.9. The van der Waals surface area contributed by atoms with E-state index in [1.165, 1.54) is 0 Å². The van der Waals surface area contributed by atoms with Gasteiger partial charge in [-0.2, -0.15) is 0 Å². The predicted molar refractivity (Wildman–Crippen MR) is 53.0 cm³/mol. The third-order valence-electron chi connectivity index (χ3n) is 2.25. The fourth-order valence-electron chi connectivity index (χ4n) is 1.43. The lowest BCUT2D eigenvalue weighted by atomic mass is 9.72. The van der Waals surface area contributed by atoms with Gasteiger partial charge < -0.3 is 0 Å². The van der Waals surface area contributed by atoms with Gasteiger partial charge in [0.25, 0.3) is 0 Å². The van der Waals surface area contributed by atoms with Gasteiger partial charge in [0.15, 0.2) is 0 Å². The third-order valence-corrected chi connectivity index (χ3v) is 2.25. The summed E-state index contributed by atoms with van der Waals surface area (Å²) in [5, 5.41) is 0. The molecule has 0 bridgehead atoms. The fourth-order valence-corrected chi connectivity index (χ4v) is 1.43. The molecule has 0 N–H and O–H groups in total. The van der Waals surface area contributed by atoms with Crippen molar-refractivity contribution in [3.8, 4) is 0 Å². The molecule has 0 fully saturated rings. The molecule has 0 radical (unpaired) electrons. The van der Waals surface area contributed by atoms with Gasteiger partial charge in [0.1, 0.15) is 0 Å². The molecule has 0 aromatic rings. The van der Waals surface area contributed by atoms with Gasteiger partial charge in [-0.1, -0.05) is 41.5 Å². The van der Waals surface area contributed by atoms with Gasteiger partial charge in [-0.3, -0.25) is 0 Å². The van der Waals surface area contributed by atoms with Crippen LogP contribution >= 0.6 is 0 Å². The van der Waals surface area contributed by atoms with Crippen LogP contribution in [0.15, 0.2) is 0 Å². The molecule has 0 saturated carbocycles. The predicted octanol–water partition coefficient (Wildman–Crippen LogP) is 4.35. The largest absolute Gasteiger partial charge is 0.241 e. The van der Waals surface area contributed by atoms with Crippen LogP contribution in [-0.4, -0.2) is 6.43 Å². The molecule has 0 rings (SSSR count). The Kier molecular flexibility index (Phi) is 3.89. The van der Waals surface area contributed by atoms with Gasteiger partial charge in [-0.05, 0) is 17.3 Å². The third kappa shape index (κ3) is 5.22. The van der Waals surface area contributed by atoms with Crippen LogP contribution < -0.4 is 0 Å². The van der Waals surface area contributed by atoms with E-state index in [0.29, 0.717) is 6.42 Å². The zero-order chi connectivity index (χ0) is 10.9. The molecule has 2 heteroatoms. The van der Waals surface area contributed by atoms with Gasteiger partial charge in [-0.25, -0.2) is 8.78 Å². The monoisotopic (exact) mass is 192 g/mol. The van der Waals surface area contributed by atoms with Crippen molar-refractivity contribution in [1.82, 2.24) is 0 Å². The summed E-state index contributed by atoms with van der Waals surface area (Å²) < 4.78 is 25.5.